The molecule has 0 saturated carbocycles. The second-order valence-corrected chi connectivity index (χ2v) is 4.51. The molecule has 0 aliphatic carbocycles. The molecule has 0 amide bonds. The molecule has 0 saturated heterocycles. The van der Waals surface area contributed by atoms with Gasteiger partial charge in [-0.25, -0.2) is 0 Å². The van der Waals surface area contributed by atoms with Crippen LogP contribution in [0.25, 0.3) is 0 Å². The van der Waals surface area contributed by atoms with E-state index in [1.807, 2.05) is 6.08 Å². The number of nitrogens with zero attached hydrogens (tertiary/aromatic N) is 1. The summed E-state index contributed by atoms with van der Waals surface area (Å²) in [5.74, 6) is 0. The minimum atomic E-state index is 1.05. The second kappa shape index (κ2) is 7.77. The molecular weight excluding hydrogens is 208 g/mol. The molecule has 0 heterocycles. The molecule has 0 spiro atoms. The fourth-order valence-corrected chi connectivity index (χ4v) is 1.70. The first kappa shape index (κ1) is 13.6. The van der Waals surface area contributed by atoms with Gasteiger partial charge < -0.3 is 10.2 Å². The number of hydrogen-bond donors (Lipinski definition) is 1. The van der Waals surface area contributed by atoms with Crippen LogP contribution in [0.4, 0.5) is 11.4 Å². The van der Waals surface area contributed by atoms with Crippen molar-refractivity contribution >= 4 is 11.4 Å². The molecule has 0 aliphatic rings. The van der Waals surface area contributed by atoms with E-state index in [0.717, 1.165) is 13.0 Å². The topological polar surface area (TPSA) is 15.3 Å². The van der Waals surface area contributed by atoms with Crippen molar-refractivity contribution in [1.82, 2.24) is 0 Å². The highest BCUT2D eigenvalue weighted by Crippen LogP contribution is 2.15. The van der Waals surface area contributed by atoms with Gasteiger partial charge in [0.05, 0.1) is 0 Å². The number of unbranched alkanes of at least 4 members (excludes halogenated alkanes) is 3. The quantitative estimate of drug-likeness (QED) is 0.540. The van der Waals surface area contributed by atoms with Gasteiger partial charge >= 0.3 is 0 Å². The van der Waals surface area contributed by atoms with Crippen LogP contribution in [0.1, 0.15) is 25.7 Å². The van der Waals surface area contributed by atoms with E-state index in [4.69, 9.17) is 0 Å². The molecule has 0 radical (unpaired) electrons. The predicted molar refractivity (Wildman–Crippen MR) is 77.9 cm³/mol. The number of allylic oxidation sites excluding steroid dienone is 1. The summed E-state index contributed by atoms with van der Waals surface area (Å²) in [5.41, 5.74) is 2.45. The largest absolute Gasteiger partial charge is 0.385 e. The Hall–Kier alpha value is -1.44. The van der Waals surface area contributed by atoms with Crippen molar-refractivity contribution in [2.24, 2.45) is 0 Å². The van der Waals surface area contributed by atoms with Crippen molar-refractivity contribution < 1.29 is 0 Å². The first-order valence-electron chi connectivity index (χ1n) is 6.36. The van der Waals surface area contributed by atoms with E-state index in [1.165, 1.54) is 30.6 Å². The van der Waals surface area contributed by atoms with Gasteiger partial charge in [-0.1, -0.05) is 12.5 Å². The van der Waals surface area contributed by atoms with Crippen molar-refractivity contribution in [3.05, 3.63) is 36.9 Å². The average molecular weight is 232 g/mol. The van der Waals surface area contributed by atoms with E-state index >= 15 is 0 Å². The van der Waals surface area contributed by atoms with Gasteiger partial charge in [0.2, 0.25) is 0 Å². The van der Waals surface area contributed by atoms with Crippen molar-refractivity contribution in [2.75, 3.05) is 30.9 Å². The summed E-state index contributed by atoms with van der Waals surface area (Å²) in [4.78, 5) is 2.11. The molecule has 0 aromatic heterocycles. The maximum absolute atomic E-state index is 3.73. The molecule has 0 aliphatic heterocycles. The van der Waals surface area contributed by atoms with Crippen LogP contribution in [-0.4, -0.2) is 20.6 Å². The van der Waals surface area contributed by atoms with E-state index in [0.29, 0.717) is 0 Å². The van der Waals surface area contributed by atoms with Crippen molar-refractivity contribution in [1.29, 1.82) is 0 Å². The van der Waals surface area contributed by atoms with Crippen molar-refractivity contribution in [2.45, 2.75) is 25.7 Å². The lowest BCUT2D eigenvalue weighted by Crippen LogP contribution is -2.08. The fourth-order valence-electron chi connectivity index (χ4n) is 1.70. The number of rotatable bonds is 8. The Morgan fingerprint density at radius 1 is 1.12 bits per heavy atom. The smallest absolute Gasteiger partial charge is 0.0362 e. The third-order valence-corrected chi connectivity index (χ3v) is 2.80. The van der Waals surface area contributed by atoms with Gasteiger partial charge in [0, 0.05) is 32.0 Å². The summed E-state index contributed by atoms with van der Waals surface area (Å²) in [5, 5.41) is 3.44. The monoisotopic (exact) mass is 232 g/mol. The lowest BCUT2D eigenvalue weighted by Gasteiger charge is -2.13. The van der Waals surface area contributed by atoms with Gasteiger partial charge in [-0.2, -0.15) is 0 Å². The van der Waals surface area contributed by atoms with Crippen LogP contribution < -0.4 is 10.2 Å². The van der Waals surface area contributed by atoms with Gasteiger partial charge in [0.15, 0.2) is 0 Å². The highest BCUT2D eigenvalue weighted by Gasteiger charge is 1.95. The molecule has 17 heavy (non-hydrogen) atoms. The highest BCUT2D eigenvalue weighted by atomic mass is 15.1. The van der Waals surface area contributed by atoms with Gasteiger partial charge in [0.25, 0.3) is 0 Å². The molecule has 1 aromatic carbocycles. The van der Waals surface area contributed by atoms with Crippen LogP contribution in [0.5, 0.6) is 0 Å². The van der Waals surface area contributed by atoms with Crippen molar-refractivity contribution in [3.8, 4) is 0 Å². The standard InChI is InChI=1S/C15H24N2/c1-4-5-6-7-8-13-16-14-9-11-15(12-10-14)17(2)3/h4,9-12,16H,1,5-8,13H2,2-3H3. The molecule has 2 nitrogen and oxygen atoms in total. The lowest BCUT2D eigenvalue weighted by molar-refractivity contribution is 0.709. The number of anilines is 2. The Morgan fingerprint density at radius 2 is 1.82 bits per heavy atom. The number of hydrogen-bond acceptors (Lipinski definition) is 2. The molecule has 1 aromatic rings. The van der Waals surface area contributed by atoms with Crippen molar-refractivity contribution in [3.63, 3.8) is 0 Å². The maximum Gasteiger partial charge on any atom is 0.0362 e. The number of nitrogens with one attached hydrogen (secondary N) is 1. The molecule has 0 atom stereocenters. The van der Waals surface area contributed by atoms with Crippen LogP contribution in [0.2, 0.25) is 0 Å². The molecule has 1 N–H and O–H groups in total. The summed E-state index contributed by atoms with van der Waals surface area (Å²) >= 11 is 0. The molecule has 2 heteroatoms. The SMILES string of the molecule is C=CCCCCCNc1ccc(N(C)C)cc1. The summed E-state index contributed by atoms with van der Waals surface area (Å²) < 4.78 is 0. The third kappa shape index (κ3) is 5.43. The summed E-state index contributed by atoms with van der Waals surface area (Å²) in [6, 6.07) is 8.55. The molecule has 1 rings (SSSR count). The Labute approximate surface area is 105 Å². The molecule has 0 fully saturated rings. The predicted octanol–water partition coefficient (Wildman–Crippen LogP) is 3.91. The Balaban J connectivity index is 2.21. The van der Waals surface area contributed by atoms with Crippen LogP contribution in [-0.2, 0) is 0 Å². The Bertz CT molecular complexity index is 314. The third-order valence-electron chi connectivity index (χ3n) is 2.80. The fraction of sp³-hybridized carbons (Fsp3) is 0.467. The zero-order chi connectivity index (χ0) is 12.5. The summed E-state index contributed by atoms with van der Waals surface area (Å²) in [6.07, 6.45) is 6.88. The van der Waals surface area contributed by atoms with Gasteiger partial charge in [-0.05, 0) is 43.5 Å². The van der Waals surface area contributed by atoms with Gasteiger partial charge in [-0.3, -0.25) is 0 Å². The van der Waals surface area contributed by atoms with Crippen LogP contribution in [0.15, 0.2) is 36.9 Å². The van der Waals surface area contributed by atoms with Crippen LogP contribution in [0.3, 0.4) is 0 Å². The van der Waals surface area contributed by atoms with E-state index in [-0.39, 0.29) is 0 Å². The number of benzene rings is 1. The Kier molecular flexibility index (Phi) is 6.23. The minimum absolute atomic E-state index is 1.05. The Morgan fingerprint density at radius 3 is 2.41 bits per heavy atom. The highest BCUT2D eigenvalue weighted by molar-refractivity contribution is 5.54. The molecule has 94 valence electrons. The van der Waals surface area contributed by atoms with Crippen LogP contribution >= 0.6 is 0 Å². The van der Waals surface area contributed by atoms with E-state index in [2.05, 4.69) is 55.2 Å². The van der Waals surface area contributed by atoms with E-state index in [9.17, 15) is 0 Å². The molecule has 0 bridgehead atoms. The van der Waals surface area contributed by atoms with E-state index in [1.54, 1.807) is 0 Å². The van der Waals surface area contributed by atoms with Gasteiger partial charge in [0.1, 0.15) is 0 Å². The first-order valence-corrected chi connectivity index (χ1v) is 6.36. The lowest BCUT2D eigenvalue weighted by atomic mass is 10.2. The zero-order valence-corrected chi connectivity index (χ0v) is 11.1. The summed E-state index contributed by atoms with van der Waals surface area (Å²) in [6.45, 7) is 4.78. The van der Waals surface area contributed by atoms with Crippen LogP contribution in [0, 0.1) is 0 Å². The average Bonchev–Trinajstić information content (AvgIpc) is 2.34. The normalized spacial score (nSPS) is 10.0. The molecular formula is C15H24N2. The zero-order valence-electron chi connectivity index (χ0n) is 11.1. The molecule has 0 unspecified atom stereocenters. The minimum Gasteiger partial charge on any atom is -0.385 e. The second-order valence-electron chi connectivity index (χ2n) is 4.51. The van der Waals surface area contributed by atoms with Gasteiger partial charge in [-0.15, -0.1) is 6.58 Å². The summed E-state index contributed by atoms with van der Waals surface area (Å²) in [7, 11) is 4.12. The maximum atomic E-state index is 3.73. The van der Waals surface area contributed by atoms with E-state index < -0.39 is 0 Å². The first-order chi connectivity index (χ1) is 8.24.